The Morgan fingerprint density at radius 2 is 2.13 bits per heavy atom. The lowest BCUT2D eigenvalue weighted by atomic mass is 10.2. The number of hydrogen-bond acceptors (Lipinski definition) is 3. The Balaban J connectivity index is 1.63. The molecule has 0 unspecified atom stereocenters. The van der Waals surface area contributed by atoms with Gasteiger partial charge in [-0.2, -0.15) is 0 Å². The maximum Gasteiger partial charge on any atom is 0.322 e. The molecule has 2 amide bonds. The number of carbonyl (C=O) groups is 1. The van der Waals surface area contributed by atoms with Gasteiger partial charge < -0.3 is 15.0 Å². The van der Waals surface area contributed by atoms with Crippen LogP contribution in [-0.4, -0.2) is 61.3 Å². The molecule has 5 nitrogen and oxygen atoms in total. The van der Waals surface area contributed by atoms with Crippen molar-refractivity contribution in [1.82, 2.24) is 9.80 Å². The molecular formula is C17H24ClN3O2. The topological polar surface area (TPSA) is 44.8 Å². The highest BCUT2D eigenvalue weighted by Crippen LogP contribution is 2.27. The summed E-state index contributed by atoms with van der Waals surface area (Å²) in [5.41, 5.74) is 1.70. The van der Waals surface area contributed by atoms with Crippen LogP contribution in [0.15, 0.2) is 18.2 Å². The van der Waals surface area contributed by atoms with Gasteiger partial charge in [0, 0.05) is 32.2 Å². The van der Waals surface area contributed by atoms with Gasteiger partial charge in [0.15, 0.2) is 0 Å². The number of hydrogen-bond donors (Lipinski definition) is 1. The smallest absolute Gasteiger partial charge is 0.322 e. The van der Waals surface area contributed by atoms with Crippen LogP contribution < -0.4 is 5.32 Å². The highest BCUT2D eigenvalue weighted by Gasteiger charge is 2.31. The van der Waals surface area contributed by atoms with Crippen molar-refractivity contribution in [2.24, 2.45) is 0 Å². The highest BCUT2D eigenvalue weighted by molar-refractivity contribution is 6.33. The zero-order valence-electron chi connectivity index (χ0n) is 13.6. The fourth-order valence-electron chi connectivity index (χ4n) is 3.34. The zero-order valence-corrected chi connectivity index (χ0v) is 14.3. The molecule has 2 fully saturated rings. The van der Waals surface area contributed by atoms with E-state index in [1.54, 1.807) is 6.07 Å². The van der Waals surface area contributed by atoms with Gasteiger partial charge >= 0.3 is 6.03 Å². The molecule has 1 atom stereocenters. The number of likely N-dealkylation sites (tertiary alicyclic amines) is 1. The zero-order chi connectivity index (χ0) is 16.2. The molecule has 2 aliphatic rings. The first-order valence-corrected chi connectivity index (χ1v) is 8.66. The first-order valence-electron chi connectivity index (χ1n) is 8.28. The number of rotatable bonds is 3. The van der Waals surface area contributed by atoms with Crippen molar-refractivity contribution in [3.05, 3.63) is 28.8 Å². The lowest BCUT2D eigenvalue weighted by molar-refractivity contribution is 0.0296. The molecule has 0 aliphatic carbocycles. The fourth-order valence-corrected chi connectivity index (χ4v) is 3.61. The molecule has 0 radical (unpaired) electrons. The van der Waals surface area contributed by atoms with Gasteiger partial charge in [0.05, 0.1) is 23.9 Å². The van der Waals surface area contributed by atoms with E-state index in [1.807, 2.05) is 24.0 Å². The second kappa shape index (κ2) is 7.51. The summed E-state index contributed by atoms with van der Waals surface area (Å²) in [6.45, 7) is 7.18. The molecule has 6 heteroatoms. The van der Waals surface area contributed by atoms with Crippen molar-refractivity contribution in [2.45, 2.75) is 25.8 Å². The number of halogens is 1. The number of para-hydroxylation sites is 1. The number of aryl methyl sites for hydroxylation is 1. The summed E-state index contributed by atoms with van der Waals surface area (Å²) >= 11 is 6.22. The predicted molar refractivity (Wildman–Crippen MR) is 92.2 cm³/mol. The van der Waals surface area contributed by atoms with Crippen LogP contribution in [0, 0.1) is 6.92 Å². The number of carbonyl (C=O) groups excluding carboxylic acids is 1. The van der Waals surface area contributed by atoms with Crippen LogP contribution in [0.3, 0.4) is 0 Å². The van der Waals surface area contributed by atoms with E-state index in [4.69, 9.17) is 16.3 Å². The molecule has 0 saturated carbocycles. The van der Waals surface area contributed by atoms with E-state index in [9.17, 15) is 4.79 Å². The molecule has 0 aromatic heterocycles. The van der Waals surface area contributed by atoms with E-state index >= 15 is 0 Å². The summed E-state index contributed by atoms with van der Waals surface area (Å²) in [5.74, 6) is 0. The van der Waals surface area contributed by atoms with Gasteiger partial charge in [-0.1, -0.05) is 23.7 Å². The van der Waals surface area contributed by atoms with Crippen LogP contribution in [0.4, 0.5) is 10.5 Å². The molecule has 1 N–H and O–H groups in total. The third-order valence-corrected chi connectivity index (χ3v) is 4.98. The van der Waals surface area contributed by atoms with Crippen LogP contribution in [0.1, 0.15) is 18.4 Å². The number of amides is 2. The summed E-state index contributed by atoms with van der Waals surface area (Å²) < 4.78 is 5.39. The average molecular weight is 338 g/mol. The van der Waals surface area contributed by atoms with Crippen molar-refractivity contribution < 1.29 is 9.53 Å². The average Bonchev–Trinajstić information content (AvgIpc) is 3.00. The Morgan fingerprint density at radius 3 is 2.87 bits per heavy atom. The number of urea groups is 1. The van der Waals surface area contributed by atoms with E-state index in [2.05, 4.69) is 10.2 Å². The van der Waals surface area contributed by atoms with Gasteiger partial charge in [-0.25, -0.2) is 4.79 Å². The second-order valence-corrected chi connectivity index (χ2v) is 6.67. The number of ether oxygens (including phenoxy) is 1. The quantitative estimate of drug-likeness (QED) is 0.922. The number of nitrogens with one attached hydrogen (secondary N) is 1. The maximum atomic E-state index is 12.7. The first-order chi connectivity index (χ1) is 11.1. The minimum Gasteiger partial charge on any atom is -0.379 e. The van der Waals surface area contributed by atoms with Gasteiger partial charge in [0.25, 0.3) is 0 Å². The molecule has 3 rings (SSSR count). The van der Waals surface area contributed by atoms with E-state index in [0.29, 0.717) is 5.02 Å². The Labute approximate surface area is 142 Å². The lowest BCUT2D eigenvalue weighted by Crippen LogP contribution is -2.47. The van der Waals surface area contributed by atoms with E-state index in [1.165, 1.54) is 0 Å². The first kappa shape index (κ1) is 16.6. The highest BCUT2D eigenvalue weighted by atomic mass is 35.5. The Bertz CT molecular complexity index is 541. The molecule has 23 heavy (non-hydrogen) atoms. The summed E-state index contributed by atoms with van der Waals surface area (Å²) in [7, 11) is 0. The Morgan fingerprint density at radius 1 is 1.35 bits per heavy atom. The number of benzene rings is 1. The molecular weight excluding hydrogens is 314 g/mol. The van der Waals surface area contributed by atoms with Crippen LogP contribution in [-0.2, 0) is 4.74 Å². The summed E-state index contributed by atoms with van der Waals surface area (Å²) in [5, 5.41) is 3.58. The summed E-state index contributed by atoms with van der Waals surface area (Å²) in [6.07, 6.45) is 2.12. The van der Waals surface area contributed by atoms with Crippen molar-refractivity contribution in [2.75, 3.05) is 44.7 Å². The van der Waals surface area contributed by atoms with Gasteiger partial charge in [-0.15, -0.1) is 0 Å². The van der Waals surface area contributed by atoms with Crippen LogP contribution in [0.5, 0.6) is 0 Å². The summed E-state index contributed by atoms with van der Waals surface area (Å²) in [4.78, 5) is 17.0. The Kier molecular flexibility index (Phi) is 5.41. The fraction of sp³-hybridized carbons (Fsp3) is 0.588. The SMILES string of the molecule is Cc1cccc(Cl)c1NC(=O)N1CCC[C@@H]1CN1CCOCC1. The van der Waals surface area contributed by atoms with Crippen LogP contribution in [0.25, 0.3) is 0 Å². The molecule has 1 aromatic carbocycles. The van der Waals surface area contributed by atoms with Crippen molar-refractivity contribution in [1.29, 1.82) is 0 Å². The van der Waals surface area contributed by atoms with Crippen molar-refractivity contribution >= 4 is 23.3 Å². The minimum atomic E-state index is -0.0445. The molecule has 2 aliphatic heterocycles. The van der Waals surface area contributed by atoms with Gasteiger partial charge in [0.1, 0.15) is 0 Å². The van der Waals surface area contributed by atoms with E-state index < -0.39 is 0 Å². The second-order valence-electron chi connectivity index (χ2n) is 6.26. The minimum absolute atomic E-state index is 0.0445. The number of anilines is 1. The summed E-state index contributed by atoms with van der Waals surface area (Å²) in [6, 6.07) is 5.88. The van der Waals surface area contributed by atoms with Crippen LogP contribution in [0.2, 0.25) is 5.02 Å². The normalized spacial score (nSPS) is 22.3. The number of morpholine rings is 1. The largest absolute Gasteiger partial charge is 0.379 e. The standard InChI is InChI=1S/C17H24ClN3O2/c1-13-4-2-6-15(18)16(13)19-17(22)21-7-3-5-14(21)12-20-8-10-23-11-9-20/h2,4,6,14H,3,5,7-12H2,1H3,(H,19,22)/t14-/m1/s1. The third-order valence-electron chi connectivity index (χ3n) is 4.66. The third kappa shape index (κ3) is 3.97. The molecule has 0 bridgehead atoms. The van der Waals surface area contributed by atoms with Gasteiger partial charge in [0.2, 0.25) is 0 Å². The van der Waals surface area contributed by atoms with Gasteiger partial charge in [-0.05, 0) is 31.4 Å². The number of nitrogens with zero attached hydrogens (tertiary/aromatic N) is 2. The van der Waals surface area contributed by atoms with Crippen LogP contribution >= 0.6 is 11.6 Å². The van der Waals surface area contributed by atoms with E-state index in [-0.39, 0.29) is 12.1 Å². The monoisotopic (exact) mass is 337 g/mol. The molecule has 0 spiro atoms. The lowest BCUT2D eigenvalue weighted by Gasteiger charge is -2.33. The Hall–Kier alpha value is -1.30. The predicted octanol–water partition coefficient (Wildman–Crippen LogP) is 2.98. The van der Waals surface area contributed by atoms with E-state index in [0.717, 1.165) is 63.5 Å². The molecule has 1 aromatic rings. The molecule has 126 valence electrons. The van der Waals surface area contributed by atoms with Gasteiger partial charge in [-0.3, -0.25) is 4.90 Å². The van der Waals surface area contributed by atoms with Crippen molar-refractivity contribution in [3.63, 3.8) is 0 Å². The maximum absolute atomic E-state index is 12.7. The molecule has 2 saturated heterocycles. The van der Waals surface area contributed by atoms with Crippen molar-refractivity contribution in [3.8, 4) is 0 Å². The molecule has 2 heterocycles.